The molecule has 0 amide bonds. The van der Waals surface area contributed by atoms with Gasteiger partial charge in [-0.05, 0) is 37.3 Å². The predicted octanol–water partition coefficient (Wildman–Crippen LogP) is 2.93. The SMILES string of the molecule is CCOc1ccc(S(=O)(=O)N2CCOCC2)cc1NS(=O)(=O)c1ccccc1C(F)(F)F. The molecular weight excluding hydrogens is 473 g/mol. The van der Waals surface area contributed by atoms with Crippen LogP contribution in [0.5, 0.6) is 5.75 Å². The molecule has 0 atom stereocenters. The summed E-state index contributed by atoms with van der Waals surface area (Å²) in [5.74, 6) is -0.0264. The number of nitrogens with zero attached hydrogens (tertiary/aromatic N) is 1. The van der Waals surface area contributed by atoms with Gasteiger partial charge < -0.3 is 9.47 Å². The number of alkyl halides is 3. The molecule has 0 unspecified atom stereocenters. The quantitative estimate of drug-likeness (QED) is 0.635. The average molecular weight is 495 g/mol. The first kappa shape index (κ1) is 24.3. The number of rotatable bonds is 7. The van der Waals surface area contributed by atoms with Crippen molar-refractivity contribution in [1.29, 1.82) is 0 Å². The van der Waals surface area contributed by atoms with Crippen LogP contribution in [0.2, 0.25) is 0 Å². The first-order valence-electron chi connectivity index (χ1n) is 9.50. The third-order valence-corrected chi connectivity index (χ3v) is 7.90. The number of benzene rings is 2. The van der Waals surface area contributed by atoms with Gasteiger partial charge in [0, 0.05) is 13.1 Å². The van der Waals surface area contributed by atoms with E-state index in [0.29, 0.717) is 6.07 Å². The minimum absolute atomic E-state index is 0.0264. The summed E-state index contributed by atoms with van der Waals surface area (Å²) in [5.41, 5.74) is -1.64. The van der Waals surface area contributed by atoms with Crippen LogP contribution < -0.4 is 9.46 Å². The van der Waals surface area contributed by atoms with Gasteiger partial charge in [0.2, 0.25) is 10.0 Å². The Hall–Kier alpha value is -2.35. The highest BCUT2D eigenvalue weighted by Crippen LogP contribution is 2.36. The van der Waals surface area contributed by atoms with Crippen molar-refractivity contribution >= 4 is 25.7 Å². The summed E-state index contributed by atoms with van der Waals surface area (Å²) in [6.07, 6.45) is -4.91. The van der Waals surface area contributed by atoms with Crippen LogP contribution in [0.25, 0.3) is 0 Å². The highest BCUT2D eigenvalue weighted by atomic mass is 32.2. The molecule has 0 spiro atoms. The van der Waals surface area contributed by atoms with Crippen LogP contribution in [0.15, 0.2) is 52.3 Å². The molecule has 1 aliphatic heterocycles. The standard InChI is InChI=1S/C19H21F3N2O6S2/c1-2-30-17-8-7-14(32(27,28)24-9-11-29-12-10-24)13-16(17)23-31(25,26)18-6-4-3-5-15(18)19(20,21)22/h3-8,13,23H,2,9-12H2,1H3. The number of hydrogen-bond donors (Lipinski definition) is 1. The molecule has 0 aliphatic carbocycles. The van der Waals surface area contributed by atoms with Gasteiger partial charge in [-0.2, -0.15) is 17.5 Å². The van der Waals surface area contributed by atoms with Crippen molar-refractivity contribution in [3.63, 3.8) is 0 Å². The summed E-state index contributed by atoms with van der Waals surface area (Å²) in [5, 5.41) is 0. The van der Waals surface area contributed by atoms with Gasteiger partial charge in [-0.1, -0.05) is 12.1 Å². The van der Waals surface area contributed by atoms with Crippen LogP contribution in [-0.4, -0.2) is 54.1 Å². The summed E-state index contributed by atoms with van der Waals surface area (Å²) in [7, 11) is -8.72. The van der Waals surface area contributed by atoms with Crippen molar-refractivity contribution in [2.24, 2.45) is 0 Å². The molecule has 1 N–H and O–H groups in total. The van der Waals surface area contributed by atoms with E-state index >= 15 is 0 Å². The molecule has 2 aromatic rings. The molecule has 32 heavy (non-hydrogen) atoms. The van der Waals surface area contributed by atoms with E-state index in [4.69, 9.17) is 9.47 Å². The third-order valence-electron chi connectivity index (χ3n) is 4.58. The first-order chi connectivity index (χ1) is 15.0. The van der Waals surface area contributed by atoms with Crippen molar-refractivity contribution in [2.45, 2.75) is 22.9 Å². The first-order valence-corrected chi connectivity index (χ1v) is 12.4. The summed E-state index contributed by atoms with van der Waals surface area (Å²) < 4.78 is 105. The molecule has 3 rings (SSSR count). The zero-order chi connectivity index (χ0) is 23.6. The van der Waals surface area contributed by atoms with Gasteiger partial charge in [-0.15, -0.1) is 0 Å². The van der Waals surface area contributed by atoms with Crippen molar-refractivity contribution in [3.05, 3.63) is 48.0 Å². The smallest absolute Gasteiger partial charge is 0.417 e. The molecule has 2 aromatic carbocycles. The summed E-state index contributed by atoms with van der Waals surface area (Å²) in [6, 6.07) is 7.23. The lowest BCUT2D eigenvalue weighted by Gasteiger charge is -2.26. The van der Waals surface area contributed by atoms with E-state index in [-0.39, 0.29) is 49.2 Å². The zero-order valence-electron chi connectivity index (χ0n) is 16.9. The van der Waals surface area contributed by atoms with Crippen molar-refractivity contribution in [2.75, 3.05) is 37.6 Å². The molecular formula is C19H21F3N2O6S2. The molecule has 0 bridgehead atoms. The maximum Gasteiger partial charge on any atom is 0.417 e. The van der Waals surface area contributed by atoms with Crippen LogP contribution in [0, 0.1) is 0 Å². The van der Waals surface area contributed by atoms with Crippen LogP contribution in [-0.2, 0) is 31.0 Å². The van der Waals surface area contributed by atoms with Gasteiger partial charge in [0.05, 0.1) is 40.9 Å². The Morgan fingerprint density at radius 2 is 1.72 bits per heavy atom. The van der Waals surface area contributed by atoms with Crippen LogP contribution in [0.3, 0.4) is 0 Å². The van der Waals surface area contributed by atoms with E-state index in [2.05, 4.69) is 4.72 Å². The molecule has 0 saturated carbocycles. The van der Waals surface area contributed by atoms with Crippen LogP contribution in [0.1, 0.15) is 12.5 Å². The lowest BCUT2D eigenvalue weighted by Crippen LogP contribution is -2.40. The van der Waals surface area contributed by atoms with E-state index in [1.165, 1.54) is 16.4 Å². The predicted molar refractivity (Wildman–Crippen MR) is 109 cm³/mol. The fourth-order valence-corrected chi connectivity index (χ4v) is 5.83. The molecule has 0 aromatic heterocycles. The van der Waals surface area contributed by atoms with Gasteiger partial charge in [0.1, 0.15) is 5.75 Å². The van der Waals surface area contributed by atoms with Gasteiger partial charge in [0.25, 0.3) is 10.0 Å². The highest BCUT2D eigenvalue weighted by Gasteiger charge is 2.37. The average Bonchev–Trinajstić information content (AvgIpc) is 2.75. The Balaban J connectivity index is 2.04. The normalized spacial score (nSPS) is 16.0. The minimum Gasteiger partial charge on any atom is -0.492 e. The van der Waals surface area contributed by atoms with Crippen LogP contribution in [0.4, 0.5) is 18.9 Å². The van der Waals surface area contributed by atoms with E-state index in [9.17, 15) is 30.0 Å². The number of halogens is 3. The molecule has 0 radical (unpaired) electrons. The second-order valence-corrected chi connectivity index (χ2v) is 10.3. The Kier molecular flexibility index (Phi) is 7.03. The van der Waals surface area contributed by atoms with E-state index in [0.717, 1.165) is 24.3 Å². The number of hydrogen-bond acceptors (Lipinski definition) is 6. The molecule has 1 saturated heterocycles. The number of morpholine rings is 1. The number of sulfonamides is 2. The Labute approximate surface area is 184 Å². The summed E-state index contributed by atoms with van der Waals surface area (Å²) >= 11 is 0. The van der Waals surface area contributed by atoms with Crippen molar-refractivity contribution < 1.29 is 39.5 Å². The minimum atomic E-state index is -4.91. The number of nitrogens with one attached hydrogen (secondary N) is 1. The molecule has 1 aliphatic rings. The second kappa shape index (κ2) is 9.25. The topological polar surface area (TPSA) is 102 Å². The monoisotopic (exact) mass is 494 g/mol. The van der Waals surface area contributed by atoms with Gasteiger partial charge in [0.15, 0.2) is 0 Å². The molecule has 176 valence electrons. The summed E-state index contributed by atoms with van der Waals surface area (Å²) in [6.45, 7) is 2.40. The molecule has 1 fully saturated rings. The highest BCUT2D eigenvalue weighted by molar-refractivity contribution is 7.92. The van der Waals surface area contributed by atoms with E-state index < -0.39 is 36.7 Å². The Morgan fingerprint density at radius 3 is 2.34 bits per heavy atom. The largest absolute Gasteiger partial charge is 0.492 e. The maximum atomic E-state index is 13.3. The van der Waals surface area contributed by atoms with E-state index in [1.807, 2.05) is 0 Å². The van der Waals surface area contributed by atoms with E-state index in [1.54, 1.807) is 6.92 Å². The molecule has 13 heteroatoms. The lowest BCUT2D eigenvalue weighted by molar-refractivity contribution is -0.139. The molecule has 8 nitrogen and oxygen atoms in total. The summed E-state index contributed by atoms with van der Waals surface area (Å²) in [4.78, 5) is -1.22. The third kappa shape index (κ3) is 5.17. The fourth-order valence-electron chi connectivity index (χ4n) is 3.10. The number of anilines is 1. The van der Waals surface area contributed by atoms with Gasteiger partial charge >= 0.3 is 6.18 Å². The van der Waals surface area contributed by atoms with Gasteiger partial charge in [-0.3, -0.25) is 4.72 Å². The fraction of sp³-hybridized carbons (Fsp3) is 0.368. The lowest BCUT2D eigenvalue weighted by atomic mass is 10.2. The molecule has 1 heterocycles. The van der Waals surface area contributed by atoms with Crippen molar-refractivity contribution in [1.82, 2.24) is 4.31 Å². The van der Waals surface area contributed by atoms with Crippen LogP contribution >= 0.6 is 0 Å². The Morgan fingerprint density at radius 1 is 1.06 bits per heavy atom. The second-order valence-electron chi connectivity index (χ2n) is 6.71. The maximum absolute atomic E-state index is 13.3. The van der Waals surface area contributed by atoms with Crippen molar-refractivity contribution in [3.8, 4) is 5.75 Å². The van der Waals surface area contributed by atoms with Gasteiger partial charge in [-0.25, -0.2) is 16.8 Å². The number of ether oxygens (including phenoxy) is 2. The zero-order valence-corrected chi connectivity index (χ0v) is 18.6. The Bertz CT molecular complexity index is 1180.